The molecule has 0 saturated heterocycles. The summed E-state index contributed by atoms with van der Waals surface area (Å²) in [7, 11) is 0. The van der Waals surface area contributed by atoms with E-state index in [0.29, 0.717) is 36.2 Å². The standard InChI is InChI=1S/C21H23N3O2/c1-15(2)16-8-3-6-11-19(16)23-20(25)12-7-13-24-14-22-18-10-5-4-9-17(18)21(24)26/h3-6,8-11,14-15H,7,12-13H2,1-2H3,(H,23,25). The molecule has 3 rings (SSSR count). The SMILES string of the molecule is CC(C)c1ccccc1NC(=O)CCCn1cnc2ccccc2c1=O. The largest absolute Gasteiger partial charge is 0.326 e. The Morgan fingerprint density at radius 1 is 1.12 bits per heavy atom. The average Bonchev–Trinajstić information content (AvgIpc) is 2.64. The van der Waals surface area contributed by atoms with E-state index in [4.69, 9.17) is 0 Å². The van der Waals surface area contributed by atoms with Crippen LogP contribution in [0.1, 0.15) is 38.2 Å². The van der Waals surface area contributed by atoms with Crippen LogP contribution in [0.5, 0.6) is 0 Å². The lowest BCUT2D eigenvalue weighted by Gasteiger charge is -2.13. The summed E-state index contributed by atoms with van der Waals surface area (Å²) in [6, 6.07) is 15.1. The molecule has 0 aliphatic carbocycles. The summed E-state index contributed by atoms with van der Waals surface area (Å²) in [6.07, 6.45) is 2.48. The van der Waals surface area contributed by atoms with E-state index >= 15 is 0 Å². The number of carbonyl (C=O) groups excluding carboxylic acids is 1. The highest BCUT2D eigenvalue weighted by Crippen LogP contribution is 2.23. The molecule has 5 heteroatoms. The van der Waals surface area contributed by atoms with E-state index in [0.717, 1.165) is 11.3 Å². The quantitative estimate of drug-likeness (QED) is 0.733. The summed E-state index contributed by atoms with van der Waals surface area (Å²) in [5.41, 5.74) is 2.60. The van der Waals surface area contributed by atoms with Crippen molar-refractivity contribution in [2.75, 3.05) is 5.32 Å². The van der Waals surface area contributed by atoms with Crippen LogP contribution < -0.4 is 10.9 Å². The maximum absolute atomic E-state index is 12.4. The Labute approximate surface area is 152 Å². The smallest absolute Gasteiger partial charge is 0.261 e. The molecule has 0 atom stereocenters. The van der Waals surface area contributed by atoms with E-state index in [2.05, 4.69) is 24.1 Å². The molecule has 0 spiro atoms. The van der Waals surface area contributed by atoms with Gasteiger partial charge in [0.2, 0.25) is 5.91 Å². The zero-order valence-electron chi connectivity index (χ0n) is 15.1. The molecule has 0 fully saturated rings. The third-order valence-electron chi connectivity index (χ3n) is 4.39. The highest BCUT2D eigenvalue weighted by molar-refractivity contribution is 5.91. The lowest BCUT2D eigenvalue weighted by molar-refractivity contribution is -0.116. The molecule has 1 amide bonds. The lowest BCUT2D eigenvalue weighted by Crippen LogP contribution is -2.21. The molecule has 1 aromatic heterocycles. The van der Waals surface area contributed by atoms with Crippen molar-refractivity contribution in [3.63, 3.8) is 0 Å². The lowest BCUT2D eigenvalue weighted by atomic mass is 10.0. The summed E-state index contributed by atoms with van der Waals surface area (Å²) in [6.45, 7) is 4.67. The van der Waals surface area contributed by atoms with E-state index in [1.807, 2.05) is 42.5 Å². The van der Waals surface area contributed by atoms with Crippen molar-refractivity contribution in [2.24, 2.45) is 0 Å². The summed E-state index contributed by atoms with van der Waals surface area (Å²) in [4.78, 5) is 29.0. The van der Waals surface area contributed by atoms with Gasteiger partial charge in [-0.2, -0.15) is 0 Å². The Hall–Kier alpha value is -2.95. The van der Waals surface area contributed by atoms with Crippen molar-refractivity contribution in [3.05, 3.63) is 70.8 Å². The molecule has 134 valence electrons. The number of fused-ring (bicyclic) bond motifs is 1. The van der Waals surface area contributed by atoms with E-state index < -0.39 is 0 Å². The van der Waals surface area contributed by atoms with Crippen molar-refractivity contribution in [2.45, 2.75) is 39.2 Å². The van der Waals surface area contributed by atoms with Crippen LogP contribution >= 0.6 is 0 Å². The van der Waals surface area contributed by atoms with Gasteiger partial charge in [0.15, 0.2) is 0 Å². The van der Waals surface area contributed by atoms with E-state index in [1.54, 1.807) is 17.0 Å². The number of nitrogens with one attached hydrogen (secondary N) is 1. The normalized spacial score (nSPS) is 11.0. The van der Waals surface area contributed by atoms with Crippen molar-refractivity contribution in [3.8, 4) is 0 Å². The minimum Gasteiger partial charge on any atom is -0.326 e. The predicted molar refractivity (Wildman–Crippen MR) is 104 cm³/mol. The molecule has 5 nitrogen and oxygen atoms in total. The molecule has 1 N–H and O–H groups in total. The van der Waals surface area contributed by atoms with Gasteiger partial charge >= 0.3 is 0 Å². The van der Waals surface area contributed by atoms with Gasteiger partial charge in [-0.3, -0.25) is 14.2 Å². The van der Waals surface area contributed by atoms with Crippen molar-refractivity contribution < 1.29 is 4.79 Å². The average molecular weight is 349 g/mol. The highest BCUT2D eigenvalue weighted by Gasteiger charge is 2.09. The van der Waals surface area contributed by atoms with Crippen molar-refractivity contribution >= 4 is 22.5 Å². The first-order valence-electron chi connectivity index (χ1n) is 8.89. The Morgan fingerprint density at radius 2 is 1.85 bits per heavy atom. The molecule has 1 heterocycles. The number of anilines is 1. The van der Waals surface area contributed by atoms with Crippen LogP contribution in [0, 0.1) is 0 Å². The number of hydrogen-bond acceptors (Lipinski definition) is 3. The van der Waals surface area contributed by atoms with Crippen LogP contribution in [0.15, 0.2) is 59.7 Å². The summed E-state index contributed by atoms with van der Waals surface area (Å²) < 4.78 is 1.57. The van der Waals surface area contributed by atoms with Gasteiger partial charge in [0.05, 0.1) is 17.2 Å². The maximum Gasteiger partial charge on any atom is 0.261 e. The first-order chi connectivity index (χ1) is 12.6. The number of amides is 1. The van der Waals surface area contributed by atoms with Crippen LogP contribution in [0.2, 0.25) is 0 Å². The van der Waals surface area contributed by atoms with Gasteiger partial charge in [0.1, 0.15) is 0 Å². The Bertz CT molecular complexity index is 976. The molecule has 26 heavy (non-hydrogen) atoms. The second-order valence-electron chi connectivity index (χ2n) is 6.65. The van der Waals surface area contributed by atoms with Gasteiger partial charge in [-0.15, -0.1) is 0 Å². The van der Waals surface area contributed by atoms with Gasteiger partial charge in [0, 0.05) is 18.7 Å². The van der Waals surface area contributed by atoms with Crippen molar-refractivity contribution in [1.82, 2.24) is 9.55 Å². The number of hydrogen-bond donors (Lipinski definition) is 1. The van der Waals surface area contributed by atoms with Gasteiger partial charge in [0.25, 0.3) is 5.56 Å². The van der Waals surface area contributed by atoms with E-state index in [1.165, 1.54) is 0 Å². The number of aromatic nitrogens is 2. The number of benzene rings is 2. The Kier molecular flexibility index (Phi) is 5.46. The predicted octanol–water partition coefficient (Wildman–Crippen LogP) is 3.94. The van der Waals surface area contributed by atoms with Gasteiger partial charge in [-0.25, -0.2) is 4.98 Å². The second kappa shape index (κ2) is 7.95. The number of carbonyl (C=O) groups is 1. The fourth-order valence-electron chi connectivity index (χ4n) is 3.00. The number of para-hydroxylation sites is 2. The number of aryl methyl sites for hydroxylation is 1. The summed E-state index contributed by atoms with van der Waals surface area (Å²) in [5.74, 6) is 0.300. The van der Waals surface area contributed by atoms with E-state index in [9.17, 15) is 9.59 Å². The molecular formula is C21H23N3O2. The first-order valence-corrected chi connectivity index (χ1v) is 8.89. The molecule has 3 aromatic rings. The molecule has 0 bridgehead atoms. The van der Waals surface area contributed by atoms with Gasteiger partial charge in [-0.1, -0.05) is 44.2 Å². The minimum atomic E-state index is -0.0684. The summed E-state index contributed by atoms with van der Waals surface area (Å²) in [5, 5.41) is 3.58. The Balaban J connectivity index is 1.61. The third-order valence-corrected chi connectivity index (χ3v) is 4.39. The molecule has 0 radical (unpaired) electrons. The van der Waals surface area contributed by atoms with Crippen LogP contribution in [0.4, 0.5) is 5.69 Å². The van der Waals surface area contributed by atoms with Gasteiger partial charge < -0.3 is 5.32 Å². The van der Waals surface area contributed by atoms with Crippen LogP contribution in [-0.4, -0.2) is 15.5 Å². The molecule has 0 unspecified atom stereocenters. The highest BCUT2D eigenvalue weighted by atomic mass is 16.1. The molecule has 0 aliphatic rings. The second-order valence-corrected chi connectivity index (χ2v) is 6.65. The topological polar surface area (TPSA) is 64.0 Å². The number of nitrogens with zero attached hydrogens (tertiary/aromatic N) is 2. The third kappa shape index (κ3) is 3.99. The van der Waals surface area contributed by atoms with Crippen LogP contribution in [0.25, 0.3) is 10.9 Å². The van der Waals surface area contributed by atoms with Crippen molar-refractivity contribution in [1.29, 1.82) is 0 Å². The Morgan fingerprint density at radius 3 is 2.65 bits per heavy atom. The maximum atomic E-state index is 12.4. The molecule has 0 aliphatic heterocycles. The molecule has 2 aromatic carbocycles. The molecule has 0 saturated carbocycles. The zero-order valence-corrected chi connectivity index (χ0v) is 15.1. The van der Waals surface area contributed by atoms with Gasteiger partial charge in [-0.05, 0) is 36.1 Å². The zero-order chi connectivity index (χ0) is 18.5. The fraction of sp³-hybridized carbons (Fsp3) is 0.286. The monoisotopic (exact) mass is 349 g/mol. The first kappa shape index (κ1) is 17.9. The van der Waals surface area contributed by atoms with Crippen LogP contribution in [-0.2, 0) is 11.3 Å². The van der Waals surface area contributed by atoms with Crippen LogP contribution in [0.3, 0.4) is 0 Å². The minimum absolute atomic E-state index is 0.0418. The fourth-order valence-corrected chi connectivity index (χ4v) is 3.00. The summed E-state index contributed by atoms with van der Waals surface area (Å²) >= 11 is 0. The molecular weight excluding hydrogens is 326 g/mol. The number of rotatable bonds is 6. The van der Waals surface area contributed by atoms with E-state index in [-0.39, 0.29) is 11.5 Å².